The van der Waals surface area contributed by atoms with Crippen LogP contribution in [0.1, 0.15) is 19.8 Å². The second-order valence-electron chi connectivity index (χ2n) is 4.00. The van der Waals surface area contributed by atoms with Crippen LogP contribution in [0, 0.1) is 0 Å². The molecule has 88 valence electrons. The Morgan fingerprint density at radius 3 is 2.80 bits per heavy atom. The van der Waals surface area contributed by atoms with Crippen molar-refractivity contribution < 1.29 is 4.74 Å². The lowest BCUT2D eigenvalue weighted by Crippen LogP contribution is -2.35. The number of likely N-dealkylation sites (N-methyl/N-ethyl adjacent to an activating group) is 1. The summed E-state index contributed by atoms with van der Waals surface area (Å²) >= 11 is 0. The van der Waals surface area contributed by atoms with E-state index in [1.54, 1.807) is 0 Å². The predicted octanol–water partition coefficient (Wildman–Crippen LogP) is 1.26. The van der Waals surface area contributed by atoms with Gasteiger partial charge in [0.2, 0.25) is 0 Å². The molecule has 1 N–H and O–H groups in total. The highest BCUT2D eigenvalue weighted by molar-refractivity contribution is 4.73. The van der Waals surface area contributed by atoms with Crippen molar-refractivity contribution in [3.05, 3.63) is 12.7 Å². The number of nitrogens with one attached hydrogen (secondary N) is 1. The molecule has 1 aliphatic heterocycles. The van der Waals surface area contributed by atoms with Gasteiger partial charge in [-0.25, -0.2) is 0 Å². The fourth-order valence-corrected chi connectivity index (χ4v) is 1.87. The maximum absolute atomic E-state index is 5.85. The number of ether oxygens (including phenoxy) is 1. The van der Waals surface area contributed by atoms with Crippen molar-refractivity contribution in [2.45, 2.75) is 25.9 Å². The van der Waals surface area contributed by atoms with Crippen molar-refractivity contribution in [3.63, 3.8) is 0 Å². The molecule has 0 aromatic carbocycles. The minimum atomic E-state index is 0.480. The highest BCUT2D eigenvalue weighted by Crippen LogP contribution is 2.06. The standard InChI is InChI=1S/C12H24N2O/c1-3-9-14(4-2)10-11-15-12-5-7-13-8-6-12/h3,12-13H,1,4-11H2,2H3. The predicted molar refractivity (Wildman–Crippen MR) is 64.2 cm³/mol. The highest BCUT2D eigenvalue weighted by Gasteiger charge is 2.13. The zero-order valence-electron chi connectivity index (χ0n) is 9.87. The monoisotopic (exact) mass is 212 g/mol. The Labute approximate surface area is 93.5 Å². The molecule has 0 spiro atoms. The summed E-state index contributed by atoms with van der Waals surface area (Å²) in [5.74, 6) is 0. The first-order valence-corrected chi connectivity index (χ1v) is 6.02. The van der Waals surface area contributed by atoms with Gasteiger partial charge in [0.15, 0.2) is 0 Å². The van der Waals surface area contributed by atoms with Crippen molar-refractivity contribution >= 4 is 0 Å². The third-order valence-electron chi connectivity index (χ3n) is 2.88. The lowest BCUT2D eigenvalue weighted by molar-refractivity contribution is 0.0221. The summed E-state index contributed by atoms with van der Waals surface area (Å²) in [5, 5.41) is 3.34. The van der Waals surface area contributed by atoms with Crippen molar-refractivity contribution in [1.29, 1.82) is 0 Å². The average molecular weight is 212 g/mol. The Morgan fingerprint density at radius 1 is 1.47 bits per heavy atom. The molecule has 0 radical (unpaired) electrons. The number of rotatable bonds is 7. The first-order valence-electron chi connectivity index (χ1n) is 6.02. The first kappa shape index (κ1) is 12.7. The van der Waals surface area contributed by atoms with Gasteiger partial charge in [-0.05, 0) is 32.5 Å². The molecule has 0 saturated carbocycles. The van der Waals surface area contributed by atoms with E-state index in [0.29, 0.717) is 6.10 Å². The van der Waals surface area contributed by atoms with E-state index in [1.165, 1.54) is 0 Å². The van der Waals surface area contributed by atoms with Gasteiger partial charge in [-0.15, -0.1) is 6.58 Å². The summed E-state index contributed by atoms with van der Waals surface area (Å²) in [7, 11) is 0. The van der Waals surface area contributed by atoms with E-state index in [1.807, 2.05) is 6.08 Å². The molecule has 0 unspecified atom stereocenters. The molecule has 1 aliphatic rings. The summed E-state index contributed by atoms with van der Waals surface area (Å²) in [6.45, 7) is 12.1. The molecule has 3 heteroatoms. The van der Waals surface area contributed by atoms with E-state index in [0.717, 1.165) is 52.2 Å². The largest absolute Gasteiger partial charge is 0.377 e. The molecule has 0 aromatic heterocycles. The molecular weight excluding hydrogens is 188 g/mol. The third-order valence-corrected chi connectivity index (χ3v) is 2.88. The fraction of sp³-hybridized carbons (Fsp3) is 0.833. The van der Waals surface area contributed by atoms with Crippen molar-refractivity contribution in [1.82, 2.24) is 10.2 Å². The molecule has 1 rings (SSSR count). The van der Waals surface area contributed by atoms with Crippen LogP contribution in [-0.4, -0.2) is 50.3 Å². The molecule has 15 heavy (non-hydrogen) atoms. The van der Waals surface area contributed by atoms with Crippen LogP contribution < -0.4 is 5.32 Å². The second kappa shape index (κ2) is 7.85. The van der Waals surface area contributed by atoms with Crippen LogP contribution >= 0.6 is 0 Å². The zero-order valence-corrected chi connectivity index (χ0v) is 9.87. The van der Waals surface area contributed by atoms with Gasteiger partial charge in [0.1, 0.15) is 0 Å². The van der Waals surface area contributed by atoms with Crippen LogP contribution in [0.5, 0.6) is 0 Å². The smallest absolute Gasteiger partial charge is 0.0600 e. The van der Waals surface area contributed by atoms with Gasteiger partial charge in [-0.1, -0.05) is 13.0 Å². The maximum atomic E-state index is 5.85. The minimum absolute atomic E-state index is 0.480. The Bertz CT molecular complexity index is 167. The molecule has 1 saturated heterocycles. The average Bonchev–Trinajstić information content (AvgIpc) is 2.29. The van der Waals surface area contributed by atoms with Crippen molar-refractivity contribution in [2.24, 2.45) is 0 Å². The van der Waals surface area contributed by atoms with Crippen LogP contribution in [0.25, 0.3) is 0 Å². The summed E-state index contributed by atoms with van der Waals surface area (Å²) < 4.78 is 5.85. The Hall–Kier alpha value is -0.380. The van der Waals surface area contributed by atoms with Gasteiger partial charge < -0.3 is 10.1 Å². The molecule has 0 atom stereocenters. The topological polar surface area (TPSA) is 24.5 Å². The number of piperidine rings is 1. The molecule has 0 aliphatic carbocycles. The quantitative estimate of drug-likeness (QED) is 0.643. The van der Waals surface area contributed by atoms with Crippen LogP contribution in [0.15, 0.2) is 12.7 Å². The van der Waals surface area contributed by atoms with E-state index < -0.39 is 0 Å². The van der Waals surface area contributed by atoms with Gasteiger partial charge in [0, 0.05) is 13.1 Å². The van der Waals surface area contributed by atoms with Gasteiger partial charge in [-0.3, -0.25) is 4.90 Å². The van der Waals surface area contributed by atoms with E-state index in [9.17, 15) is 0 Å². The number of hydrogen-bond acceptors (Lipinski definition) is 3. The van der Waals surface area contributed by atoms with Crippen LogP contribution in [0.2, 0.25) is 0 Å². The molecule has 3 nitrogen and oxygen atoms in total. The molecule has 1 heterocycles. The van der Waals surface area contributed by atoms with Gasteiger partial charge in [-0.2, -0.15) is 0 Å². The summed E-state index contributed by atoms with van der Waals surface area (Å²) in [6.07, 6.45) is 4.75. The van der Waals surface area contributed by atoms with Gasteiger partial charge >= 0.3 is 0 Å². The van der Waals surface area contributed by atoms with Crippen LogP contribution in [0.4, 0.5) is 0 Å². The zero-order chi connectivity index (χ0) is 10.9. The summed E-state index contributed by atoms with van der Waals surface area (Å²) in [4.78, 5) is 2.34. The maximum Gasteiger partial charge on any atom is 0.0600 e. The van der Waals surface area contributed by atoms with E-state index in [-0.39, 0.29) is 0 Å². The Balaban J connectivity index is 2.05. The lowest BCUT2D eigenvalue weighted by atomic mass is 10.1. The summed E-state index contributed by atoms with van der Waals surface area (Å²) in [5.41, 5.74) is 0. The Kier molecular flexibility index (Phi) is 6.64. The highest BCUT2D eigenvalue weighted by atomic mass is 16.5. The Morgan fingerprint density at radius 2 is 2.20 bits per heavy atom. The molecule has 0 amide bonds. The van der Waals surface area contributed by atoms with E-state index >= 15 is 0 Å². The first-order chi connectivity index (χ1) is 7.36. The van der Waals surface area contributed by atoms with Crippen molar-refractivity contribution in [3.8, 4) is 0 Å². The number of hydrogen-bond donors (Lipinski definition) is 1. The van der Waals surface area contributed by atoms with E-state index in [2.05, 4.69) is 23.7 Å². The molecular formula is C12H24N2O. The van der Waals surface area contributed by atoms with Gasteiger partial charge in [0.05, 0.1) is 12.7 Å². The fourth-order valence-electron chi connectivity index (χ4n) is 1.87. The third kappa shape index (κ3) is 5.30. The SMILES string of the molecule is C=CCN(CC)CCOC1CCNCC1. The van der Waals surface area contributed by atoms with Crippen molar-refractivity contribution in [2.75, 3.05) is 39.3 Å². The number of nitrogens with zero attached hydrogens (tertiary/aromatic N) is 1. The molecule has 1 fully saturated rings. The lowest BCUT2D eigenvalue weighted by Gasteiger charge is -2.25. The summed E-state index contributed by atoms with van der Waals surface area (Å²) in [6, 6.07) is 0. The minimum Gasteiger partial charge on any atom is -0.377 e. The van der Waals surface area contributed by atoms with E-state index in [4.69, 9.17) is 4.74 Å². The molecule has 0 bridgehead atoms. The van der Waals surface area contributed by atoms with Crippen LogP contribution in [-0.2, 0) is 4.74 Å². The van der Waals surface area contributed by atoms with Gasteiger partial charge in [0.25, 0.3) is 0 Å². The normalized spacial score (nSPS) is 18.3. The van der Waals surface area contributed by atoms with Crippen LogP contribution in [0.3, 0.4) is 0 Å². The molecule has 0 aromatic rings. The second-order valence-corrected chi connectivity index (χ2v) is 4.00.